The fourth-order valence-electron chi connectivity index (χ4n) is 3.97. The van der Waals surface area contributed by atoms with Crippen LogP contribution in [-0.4, -0.2) is 68.6 Å². The van der Waals surface area contributed by atoms with Crippen molar-refractivity contribution < 1.29 is 18.0 Å². The van der Waals surface area contributed by atoms with Crippen molar-refractivity contribution in [2.45, 2.75) is 12.8 Å². The first-order valence-corrected chi connectivity index (χ1v) is 12.5. The summed E-state index contributed by atoms with van der Waals surface area (Å²) < 4.78 is 25.8. The van der Waals surface area contributed by atoms with E-state index in [4.69, 9.17) is 11.6 Å². The number of nitrogens with zero attached hydrogens (tertiary/aromatic N) is 3. The lowest BCUT2D eigenvalue weighted by Gasteiger charge is -2.23. The Bertz CT molecular complexity index is 1110. The van der Waals surface area contributed by atoms with E-state index in [2.05, 4.69) is 5.32 Å². The number of urea groups is 1. The molecule has 0 atom stereocenters. The van der Waals surface area contributed by atoms with Crippen LogP contribution in [0, 0.1) is 0 Å². The van der Waals surface area contributed by atoms with Crippen LogP contribution in [0.4, 0.5) is 16.2 Å². The fraction of sp³-hybridized carbons (Fsp3) is 0.364. The van der Waals surface area contributed by atoms with E-state index in [1.54, 1.807) is 58.3 Å². The van der Waals surface area contributed by atoms with Crippen LogP contribution in [0.1, 0.15) is 23.2 Å². The third-order valence-corrected chi connectivity index (χ3v) is 7.77. The lowest BCUT2D eigenvalue weighted by Crippen LogP contribution is -2.39. The number of sulfonamides is 1. The average Bonchev–Trinajstić information content (AvgIpc) is 2.98. The van der Waals surface area contributed by atoms with E-state index in [0.717, 1.165) is 0 Å². The van der Waals surface area contributed by atoms with Gasteiger partial charge in [-0.1, -0.05) is 17.7 Å². The maximum absolute atomic E-state index is 13.1. The van der Waals surface area contributed by atoms with Gasteiger partial charge in [0.1, 0.15) is 0 Å². The summed E-state index contributed by atoms with van der Waals surface area (Å²) in [7, 11) is -3.31. The van der Waals surface area contributed by atoms with Crippen LogP contribution >= 0.6 is 11.6 Å². The molecule has 0 aliphatic carbocycles. The fourth-order valence-corrected chi connectivity index (χ4v) is 5.65. The summed E-state index contributed by atoms with van der Waals surface area (Å²) in [5.41, 5.74) is 1.63. The number of hydrogen-bond donors (Lipinski definition) is 1. The molecule has 0 aromatic heterocycles. The van der Waals surface area contributed by atoms with Crippen molar-refractivity contribution in [1.82, 2.24) is 9.80 Å². The molecule has 1 N–H and O–H groups in total. The molecule has 10 heteroatoms. The van der Waals surface area contributed by atoms with Gasteiger partial charge >= 0.3 is 6.03 Å². The first kappa shape index (κ1) is 22.4. The van der Waals surface area contributed by atoms with Gasteiger partial charge in [-0.15, -0.1) is 0 Å². The number of halogens is 1. The quantitative estimate of drug-likeness (QED) is 0.736. The number of amides is 3. The number of nitrogens with one attached hydrogen (secondary N) is 1. The molecule has 3 amide bonds. The highest BCUT2D eigenvalue weighted by molar-refractivity contribution is 7.93. The predicted octanol–water partition coefficient (Wildman–Crippen LogP) is 3.26. The van der Waals surface area contributed by atoms with Gasteiger partial charge in [0.2, 0.25) is 10.0 Å². The smallest absolute Gasteiger partial charge is 0.321 e. The molecule has 2 saturated heterocycles. The molecular formula is C22H25ClN4O4S. The molecular weight excluding hydrogens is 452 g/mol. The number of rotatable bonds is 3. The summed E-state index contributed by atoms with van der Waals surface area (Å²) in [5, 5.41) is 3.45. The lowest BCUT2D eigenvalue weighted by atomic mass is 10.1. The van der Waals surface area contributed by atoms with E-state index >= 15 is 0 Å². The van der Waals surface area contributed by atoms with Crippen LogP contribution in [0.3, 0.4) is 0 Å². The second-order valence-electron chi connectivity index (χ2n) is 7.86. The second kappa shape index (κ2) is 9.38. The van der Waals surface area contributed by atoms with Crippen molar-refractivity contribution in [1.29, 1.82) is 0 Å². The van der Waals surface area contributed by atoms with Crippen LogP contribution in [0.15, 0.2) is 48.5 Å². The normalized spacial score (nSPS) is 18.3. The topological polar surface area (TPSA) is 90.0 Å². The van der Waals surface area contributed by atoms with Gasteiger partial charge in [-0.25, -0.2) is 13.2 Å². The monoisotopic (exact) mass is 476 g/mol. The molecule has 0 unspecified atom stereocenters. The van der Waals surface area contributed by atoms with Crippen molar-refractivity contribution in [2.75, 3.05) is 48.1 Å². The summed E-state index contributed by atoms with van der Waals surface area (Å²) in [6.45, 7) is 2.30. The highest BCUT2D eigenvalue weighted by Crippen LogP contribution is 2.25. The zero-order valence-electron chi connectivity index (χ0n) is 17.5. The first-order valence-electron chi connectivity index (χ1n) is 10.5. The maximum Gasteiger partial charge on any atom is 0.321 e. The third kappa shape index (κ3) is 4.99. The third-order valence-electron chi connectivity index (χ3n) is 5.65. The van der Waals surface area contributed by atoms with E-state index in [1.165, 1.54) is 4.31 Å². The molecule has 0 bridgehead atoms. The van der Waals surface area contributed by atoms with Crippen LogP contribution < -0.4 is 9.62 Å². The average molecular weight is 477 g/mol. The molecule has 170 valence electrons. The highest BCUT2D eigenvalue weighted by Gasteiger charge is 2.29. The summed E-state index contributed by atoms with van der Waals surface area (Å²) in [4.78, 5) is 29.1. The van der Waals surface area contributed by atoms with Crippen molar-refractivity contribution in [3.63, 3.8) is 0 Å². The first-order chi connectivity index (χ1) is 15.3. The van der Waals surface area contributed by atoms with Crippen LogP contribution in [0.25, 0.3) is 0 Å². The van der Waals surface area contributed by atoms with Crippen LogP contribution in [0.2, 0.25) is 5.02 Å². The van der Waals surface area contributed by atoms with E-state index in [0.29, 0.717) is 67.5 Å². The Kier molecular flexibility index (Phi) is 6.57. The summed E-state index contributed by atoms with van der Waals surface area (Å²) in [6.07, 6.45) is 1.24. The van der Waals surface area contributed by atoms with Gasteiger partial charge < -0.3 is 15.1 Å². The van der Waals surface area contributed by atoms with Gasteiger partial charge in [-0.05, 0) is 55.3 Å². The van der Waals surface area contributed by atoms with Gasteiger partial charge in [-0.2, -0.15) is 0 Å². The van der Waals surface area contributed by atoms with E-state index in [-0.39, 0.29) is 17.7 Å². The Morgan fingerprint density at radius 2 is 1.59 bits per heavy atom. The minimum atomic E-state index is -3.31. The molecule has 2 heterocycles. The summed E-state index contributed by atoms with van der Waals surface area (Å²) >= 11 is 5.88. The SMILES string of the molecule is O=C(Nc1ccc(Cl)cc1)N1CCCN(C(=O)c2cccc(N3CCCS3(=O)=O)c2)CC1. The Balaban J connectivity index is 1.40. The molecule has 2 aliphatic rings. The Hall–Kier alpha value is -2.78. The predicted molar refractivity (Wildman–Crippen MR) is 125 cm³/mol. The van der Waals surface area contributed by atoms with Gasteiger partial charge in [0, 0.05) is 49.0 Å². The van der Waals surface area contributed by atoms with Crippen molar-refractivity contribution >= 4 is 44.9 Å². The van der Waals surface area contributed by atoms with Crippen LogP contribution in [-0.2, 0) is 10.0 Å². The number of carbonyl (C=O) groups is 2. The lowest BCUT2D eigenvalue weighted by molar-refractivity contribution is 0.0762. The minimum absolute atomic E-state index is 0.130. The molecule has 4 rings (SSSR count). The molecule has 32 heavy (non-hydrogen) atoms. The summed E-state index contributed by atoms with van der Waals surface area (Å²) in [5.74, 6) is -0.0333. The zero-order chi connectivity index (χ0) is 22.7. The largest absolute Gasteiger partial charge is 0.337 e. The molecule has 0 spiro atoms. The maximum atomic E-state index is 13.1. The van der Waals surface area contributed by atoms with Crippen LogP contribution in [0.5, 0.6) is 0 Å². The van der Waals surface area contributed by atoms with E-state index in [1.807, 2.05) is 0 Å². The number of anilines is 2. The molecule has 0 radical (unpaired) electrons. The highest BCUT2D eigenvalue weighted by atomic mass is 35.5. The molecule has 2 aromatic carbocycles. The van der Waals surface area contributed by atoms with Gasteiger partial charge in [0.05, 0.1) is 11.4 Å². The Morgan fingerprint density at radius 1 is 0.875 bits per heavy atom. The van der Waals surface area contributed by atoms with Gasteiger partial charge in [0.15, 0.2) is 0 Å². The number of carbonyl (C=O) groups excluding carboxylic acids is 2. The van der Waals surface area contributed by atoms with Gasteiger partial charge in [-0.3, -0.25) is 9.10 Å². The van der Waals surface area contributed by atoms with E-state index in [9.17, 15) is 18.0 Å². The zero-order valence-corrected chi connectivity index (χ0v) is 19.1. The molecule has 8 nitrogen and oxygen atoms in total. The standard InChI is InChI=1S/C22H25ClN4O4S/c23-18-6-8-19(9-7-18)24-22(29)26-11-2-10-25(13-14-26)21(28)17-4-1-5-20(16-17)27-12-3-15-32(27,30)31/h1,4-9,16H,2-3,10-15H2,(H,24,29). The number of hydrogen-bond acceptors (Lipinski definition) is 4. The molecule has 2 aromatic rings. The Labute approximate surface area is 192 Å². The minimum Gasteiger partial charge on any atom is -0.337 e. The molecule has 2 fully saturated rings. The Morgan fingerprint density at radius 3 is 2.31 bits per heavy atom. The molecule has 2 aliphatic heterocycles. The number of benzene rings is 2. The van der Waals surface area contributed by atoms with Gasteiger partial charge in [0.25, 0.3) is 5.91 Å². The van der Waals surface area contributed by atoms with Crippen molar-refractivity contribution in [2.24, 2.45) is 0 Å². The van der Waals surface area contributed by atoms with Crippen molar-refractivity contribution in [3.8, 4) is 0 Å². The van der Waals surface area contributed by atoms with Crippen molar-refractivity contribution in [3.05, 3.63) is 59.1 Å². The molecule has 0 saturated carbocycles. The summed E-state index contributed by atoms with van der Waals surface area (Å²) in [6, 6.07) is 13.4. The van der Waals surface area contributed by atoms with E-state index < -0.39 is 10.0 Å². The second-order valence-corrected chi connectivity index (χ2v) is 10.3.